The van der Waals surface area contributed by atoms with Crippen LogP contribution in [0.25, 0.3) is 16.2 Å². The van der Waals surface area contributed by atoms with Crippen molar-refractivity contribution in [2.45, 2.75) is 51.2 Å². The minimum atomic E-state index is -0.134. The summed E-state index contributed by atoms with van der Waals surface area (Å²) in [7, 11) is 0. The third kappa shape index (κ3) is 4.65. The van der Waals surface area contributed by atoms with E-state index in [0.717, 1.165) is 27.5 Å². The first kappa shape index (κ1) is 21.7. The minimum absolute atomic E-state index is 0.134. The van der Waals surface area contributed by atoms with Crippen molar-refractivity contribution in [3.8, 4) is 10.6 Å². The molecule has 7 heteroatoms. The van der Waals surface area contributed by atoms with E-state index in [1.54, 1.807) is 11.3 Å². The molecule has 3 aromatic heterocycles. The number of amides is 1. The van der Waals surface area contributed by atoms with E-state index in [0.29, 0.717) is 30.3 Å². The quantitative estimate of drug-likeness (QED) is 0.355. The maximum atomic E-state index is 13.2. The molecular formula is C26H29N5OS. The van der Waals surface area contributed by atoms with Gasteiger partial charge in [0.2, 0.25) is 0 Å². The maximum absolute atomic E-state index is 13.2. The van der Waals surface area contributed by atoms with Crippen molar-refractivity contribution < 1.29 is 4.79 Å². The number of carbonyl (C=O) groups is 1. The van der Waals surface area contributed by atoms with Crippen LogP contribution in [-0.4, -0.2) is 21.3 Å². The van der Waals surface area contributed by atoms with Gasteiger partial charge in [0.1, 0.15) is 11.5 Å². The van der Waals surface area contributed by atoms with Gasteiger partial charge >= 0.3 is 0 Å². The molecule has 0 atom stereocenters. The van der Waals surface area contributed by atoms with E-state index in [9.17, 15) is 4.79 Å². The lowest BCUT2D eigenvalue weighted by molar-refractivity contribution is 0.0952. The number of hydrogen-bond donors (Lipinski definition) is 3. The highest BCUT2D eigenvalue weighted by atomic mass is 32.1. The Labute approximate surface area is 197 Å². The largest absolute Gasteiger partial charge is 0.367 e. The molecule has 1 amide bonds. The SMILES string of the molecule is NCc1cccc(CNC(=O)c2cccn3c(NC4CCCCC4)c(-c4cccs4)nc23)c1. The Morgan fingerprint density at radius 3 is 2.73 bits per heavy atom. The summed E-state index contributed by atoms with van der Waals surface area (Å²) >= 11 is 1.67. The summed E-state index contributed by atoms with van der Waals surface area (Å²) < 4.78 is 2.04. The van der Waals surface area contributed by atoms with Gasteiger partial charge < -0.3 is 16.4 Å². The summed E-state index contributed by atoms with van der Waals surface area (Å²) in [6.07, 6.45) is 8.13. The van der Waals surface area contributed by atoms with Crippen molar-refractivity contribution >= 4 is 28.7 Å². The molecule has 6 nitrogen and oxygen atoms in total. The van der Waals surface area contributed by atoms with Crippen LogP contribution in [-0.2, 0) is 13.1 Å². The van der Waals surface area contributed by atoms with Crippen LogP contribution in [0.3, 0.4) is 0 Å². The lowest BCUT2D eigenvalue weighted by atomic mass is 9.95. The third-order valence-corrected chi connectivity index (χ3v) is 7.15. The first-order chi connectivity index (χ1) is 16.2. The van der Waals surface area contributed by atoms with Crippen LogP contribution in [0.5, 0.6) is 0 Å². The number of rotatable bonds is 7. The molecule has 170 valence electrons. The van der Waals surface area contributed by atoms with Gasteiger partial charge in [-0.2, -0.15) is 0 Å². The number of anilines is 1. The van der Waals surface area contributed by atoms with E-state index in [2.05, 4.69) is 22.1 Å². The van der Waals surface area contributed by atoms with Gasteiger partial charge in [0.15, 0.2) is 5.65 Å². The molecule has 0 bridgehead atoms. The van der Waals surface area contributed by atoms with Gasteiger partial charge in [-0.15, -0.1) is 11.3 Å². The number of benzene rings is 1. The number of carbonyl (C=O) groups excluding carboxylic acids is 1. The molecule has 0 unspecified atom stereocenters. The highest BCUT2D eigenvalue weighted by Crippen LogP contribution is 2.34. The topological polar surface area (TPSA) is 84.5 Å². The van der Waals surface area contributed by atoms with Crippen molar-refractivity contribution in [1.29, 1.82) is 0 Å². The summed E-state index contributed by atoms with van der Waals surface area (Å²) in [5.74, 6) is 0.843. The Morgan fingerprint density at radius 1 is 1.09 bits per heavy atom. The average molecular weight is 460 g/mol. The Kier molecular flexibility index (Phi) is 6.41. The highest BCUT2D eigenvalue weighted by Gasteiger charge is 2.22. The van der Waals surface area contributed by atoms with Gasteiger partial charge in [0, 0.05) is 25.3 Å². The molecule has 3 heterocycles. The fourth-order valence-electron chi connectivity index (χ4n) is 4.55. The average Bonchev–Trinajstić information content (AvgIpc) is 3.52. The van der Waals surface area contributed by atoms with Crippen LogP contribution in [0.15, 0.2) is 60.1 Å². The number of aromatic nitrogens is 2. The number of nitrogens with two attached hydrogens (primary N) is 1. The number of thiophene rings is 1. The Morgan fingerprint density at radius 2 is 1.94 bits per heavy atom. The predicted molar refractivity (Wildman–Crippen MR) is 135 cm³/mol. The predicted octanol–water partition coefficient (Wildman–Crippen LogP) is 5.20. The zero-order valence-electron chi connectivity index (χ0n) is 18.6. The summed E-state index contributed by atoms with van der Waals surface area (Å²) in [6.45, 7) is 0.927. The van der Waals surface area contributed by atoms with E-state index in [-0.39, 0.29) is 5.91 Å². The molecule has 0 aliphatic heterocycles. The molecule has 1 fully saturated rings. The number of pyridine rings is 1. The first-order valence-corrected chi connectivity index (χ1v) is 12.5. The van der Waals surface area contributed by atoms with Gasteiger partial charge in [0.05, 0.1) is 10.4 Å². The normalized spacial score (nSPS) is 14.5. The van der Waals surface area contributed by atoms with Crippen molar-refractivity contribution in [2.75, 3.05) is 5.32 Å². The van der Waals surface area contributed by atoms with Gasteiger partial charge in [0.25, 0.3) is 5.91 Å². The zero-order chi connectivity index (χ0) is 22.6. The van der Waals surface area contributed by atoms with E-state index in [1.807, 2.05) is 53.1 Å². The fraction of sp³-hybridized carbons (Fsp3) is 0.308. The van der Waals surface area contributed by atoms with E-state index in [1.165, 1.54) is 32.1 Å². The van der Waals surface area contributed by atoms with Crippen LogP contribution in [0, 0.1) is 0 Å². The zero-order valence-corrected chi connectivity index (χ0v) is 19.4. The molecule has 0 spiro atoms. The Bertz CT molecular complexity index is 1240. The number of hydrogen-bond acceptors (Lipinski definition) is 5. The molecule has 1 aliphatic rings. The number of nitrogens with one attached hydrogen (secondary N) is 2. The van der Waals surface area contributed by atoms with Gasteiger partial charge in [-0.1, -0.05) is 49.6 Å². The van der Waals surface area contributed by atoms with Crippen molar-refractivity contribution in [1.82, 2.24) is 14.7 Å². The van der Waals surface area contributed by atoms with E-state index < -0.39 is 0 Å². The second kappa shape index (κ2) is 9.77. The Balaban J connectivity index is 1.46. The third-order valence-electron chi connectivity index (χ3n) is 6.28. The molecule has 1 saturated carbocycles. The lowest BCUT2D eigenvalue weighted by Gasteiger charge is -2.24. The fourth-order valence-corrected chi connectivity index (χ4v) is 5.27. The molecular weight excluding hydrogens is 430 g/mol. The molecule has 33 heavy (non-hydrogen) atoms. The lowest BCUT2D eigenvalue weighted by Crippen LogP contribution is -2.24. The van der Waals surface area contributed by atoms with E-state index >= 15 is 0 Å². The van der Waals surface area contributed by atoms with Crippen LogP contribution >= 0.6 is 11.3 Å². The van der Waals surface area contributed by atoms with Crippen molar-refractivity contribution in [2.24, 2.45) is 5.73 Å². The molecule has 1 aromatic carbocycles. The molecule has 0 radical (unpaired) electrons. The van der Waals surface area contributed by atoms with Gasteiger partial charge in [-0.05, 0) is 47.5 Å². The first-order valence-electron chi connectivity index (χ1n) is 11.6. The van der Waals surface area contributed by atoms with Crippen LogP contribution < -0.4 is 16.4 Å². The second-order valence-corrected chi connectivity index (χ2v) is 9.54. The summed E-state index contributed by atoms with van der Waals surface area (Å²) in [6, 6.07) is 16.3. The number of nitrogens with zero attached hydrogens (tertiary/aromatic N) is 2. The second-order valence-electron chi connectivity index (χ2n) is 8.59. The van der Waals surface area contributed by atoms with Crippen LogP contribution in [0.2, 0.25) is 0 Å². The Hall–Kier alpha value is -3.16. The molecule has 4 N–H and O–H groups in total. The summed E-state index contributed by atoms with van der Waals surface area (Å²) in [4.78, 5) is 19.2. The smallest absolute Gasteiger partial charge is 0.255 e. The van der Waals surface area contributed by atoms with Gasteiger partial charge in [-0.25, -0.2) is 4.98 Å². The molecule has 0 saturated heterocycles. The molecule has 5 rings (SSSR count). The van der Waals surface area contributed by atoms with Gasteiger partial charge in [-0.3, -0.25) is 9.20 Å². The number of imidazole rings is 1. The molecule has 4 aromatic rings. The van der Waals surface area contributed by atoms with Crippen molar-refractivity contribution in [3.63, 3.8) is 0 Å². The minimum Gasteiger partial charge on any atom is -0.367 e. The summed E-state index contributed by atoms with van der Waals surface area (Å²) in [5, 5.41) is 8.88. The molecule has 1 aliphatic carbocycles. The van der Waals surface area contributed by atoms with E-state index in [4.69, 9.17) is 10.7 Å². The highest BCUT2D eigenvalue weighted by molar-refractivity contribution is 7.13. The van der Waals surface area contributed by atoms with Crippen LogP contribution in [0.4, 0.5) is 5.82 Å². The van der Waals surface area contributed by atoms with Crippen LogP contribution in [0.1, 0.15) is 53.6 Å². The van der Waals surface area contributed by atoms with Crippen molar-refractivity contribution in [3.05, 3.63) is 76.8 Å². The standard InChI is InChI=1S/C26H29N5OS/c27-16-18-7-4-8-19(15-18)17-28-26(32)21-11-5-13-31-24(21)30-23(22-12-6-14-33-22)25(31)29-20-9-2-1-3-10-20/h4-8,11-15,20,29H,1-3,9-10,16-17,27H2,(H,28,32). The number of fused-ring (bicyclic) bond motifs is 1. The monoisotopic (exact) mass is 459 g/mol. The maximum Gasteiger partial charge on any atom is 0.255 e. The summed E-state index contributed by atoms with van der Waals surface area (Å²) in [5.41, 5.74) is 9.98.